The number of benzene rings is 2. The van der Waals surface area contributed by atoms with Crippen LogP contribution in [0.3, 0.4) is 0 Å². The Hall–Kier alpha value is -2.22. The van der Waals surface area contributed by atoms with Gasteiger partial charge >= 0.3 is 0 Å². The third-order valence-corrected chi connectivity index (χ3v) is 6.08. The van der Waals surface area contributed by atoms with Crippen LogP contribution in [-0.4, -0.2) is 38.9 Å². The van der Waals surface area contributed by atoms with Crippen molar-refractivity contribution in [3.63, 3.8) is 0 Å². The molecule has 0 atom stereocenters. The third-order valence-electron chi connectivity index (χ3n) is 4.67. The molecule has 0 radical (unpaired) electrons. The molecule has 0 saturated carbocycles. The van der Waals surface area contributed by atoms with Gasteiger partial charge in [0.1, 0.15) is 0 Å². The number of sulfonamides is 1. The summed E-state index contributed by atoms with van der Waals surface area (Å²) in [5.41, 5.74) is 2.46. The lowest BCUT2D eigenvalue weighted by molar-refractivity contribution is 0.0951. The van der Waals surface area contributed by atoms with Gasteiger partial charge in [-0.05, 0) is 62.8 Å². The second-order valence-corrected chi connectivity index (χ2v) is 8.78. The molecule has 2 aromatic rings. The summed E-state index contributed by atoms with van der Waals surface area (Å²) < 4.78 is 26.1. The van der Waals surface area contributed by atoms with Crippen molar-refractivity contribution >= 4 is 15.9 Å². The van der Waals surface area contributed by atoms with Gasteiger partial charge in [0.25, 0.3) is 5.91 Å². The van der Waals surface area contributed by atoms with E-state index < -0.39 is 10.0 Å². The number of nitrogens with one attached hydrogen (secondary N) is 2. The van der Waals surface area contributed by atoms with Crippen molar-refractivity contribution in [3.8, 4) is 0 Å². The van der Waals surface area contributed by atoms with Crippen LogP contribution in [0.5, 0.6) is 0 Å². The molecule has 1 amide bonds. The molecule has 0 aliphatic rings. The van der Waals surface area contributed by atoms with E-state index in [1.54, 1.807) is 18.2 Å². The van der Waals surface area contributed by atoms with Crippen molar-refractivity contribution in [1.82, 2.24) is 14.9 Å². The summed E-state index contributed by atoms with van der Waals surface area (Å²) in [4.78, 5) is 14.9. The summed E-state index contributed by atoms with van der Waals surface area (Å²) in [7, 11) is -2.13. The Morgan fingerprint density at radius 2 is 1.75 bits per heavy atom. The standard InChI is InChI=1S/C21H29N3O3S/c1-5-24(16(2)3)15-17-9-11-19(12-10-17)21(25)23-14-18-7-6-8-20(13-18)28(26,27)22-4/h6-13,16,22H,5,14-15H2,1-4H3,(H,23,25). The van der Waals surface area contributed by atoms with Gasteiger partial charge in [0, 0.05) is 24.7 Å². The second-order valence-electron chi connectivity index (χ2n) is 6.89. The van der Waals surface area contributed by atoms with Gasteiger partial charge in [-0.1, -0.05) is 31.2 Å². The van der Waals surface area contributed by atoms with E-state index in [9.17, 15) is 13.2 Å². The Kier molecular flexibility index (Phi) is 7.74. The van der Waals surface area contributed by atoms with Crippen molar-refractivity contribution in [1.29, 1.82) is 0 Å². The smallest absolute Gasteiger partial charge is 0.251 e. The van der Waals surface area contributed by atoms with Crippen LogP contribution < -0.4 is 10.0 Å². The first-order valence-corrected chi connectivity index (χ1v) is 10.9. The number of nitrogens with zero attached hydrogens (tertiary/aromatic N) is 1. The molecular formula is C21H29N3O3S. The molecule has 0 unspecified atom stereocenters. The number of hydrogen-bond donors (Lipinski definition) is 2. The van der Waals surface area contributed by atoms with Crippen molar-refractivity contribution < 1.29 is 13.2 Å². The molecule has 2 N–H and O–H groups in total. The van der Waals surface area contributed by atoms with Crippen LogP contribution in [0.4, 0.5) is 0 Å². The molecule has 0 fully saturated rings. The van der Waals surface area contributed by atoms with Crippen LogP contribution in [0.1, 0.15) is 42.3 Å². The predicted molar refractivity (Wildman–Crippen MR) is 112 cm³/mol. The summed E-state index contributed by atoms with van der Waals surface area (Å²) in [5, 5.41) is 2.84. The highest BCUT2D eigenvalue weighted by atomic mass is 32.2. The van der Waals surface area contributed by atoms with Crippen LogP contribution >= 0.6 is 0 Å². The maximum Gasteiger partial charge on any atom is 0.251 e. The van der Waals surface area contributed by atoms with E-state index >= 15 is 0 Å². The summed E-state index contributed by atoms with van der Waals surface area (Å²) >= 11 is 0. The zero-order valence-electron chi connectivity index (χ0n) is 16.9. The van der Waals surface area contributed by atoms with Gasteiger partial charge in [0.05, 0.1) is 4.90 Å². The Labute approximate surface area is 168 Å². The first-order chi connectivity index (χ1) is 13.3. The normalized spacial score (nSPS) is 11.8. The molecule has 28 heavy (non-hydrogen) atoms. The maximum absolute atomic E-state index is 12.4. The van der Waals surface area contributed by atoms with E-state index in [4.69, 9.17) is 0 Å². The molecule has 0 bridgehead atoms. The SMILES string of the molecule is CCN(Cc1ccc(C(=O)NCc2cccc(S(=O)(=O)NC)c2)cc1)C(C)C. The van der Waals surface area contributed by atoms with Crippen LogP contribution in [0.15, 0.2) is 53.4 Å². The van der Waals surface area contributed by atoms with Crippen molar-refractivity contribution in [2.75, 3.05) is 13.6 Å². The Balaban J connectivity index is 1.99. The second kappa shape index (κ2) is 9.82. The minimum absolute atomic E-state index is 0.178. The molecule has 2 rings (SSSR count). The fourth-order valence-electron chi connectivity index (χ4n) is 2.88. The summed E-state index contributed by atoms with van der Waals surface area (Å²) in [6, 6.07) is 14.6. The van der Waals surface area contributed by atoms with E-state index in [0.717, 1.165) is 24.2 Å². The highest BCUT2D eigenvalue weighted by Crippen LogP contribution is 2.12. The topological polar surface area (TPSA) is 78.5 Å². The minimum Gasteiger partial charge on any atom is -0.348 e. The summed E-state index contributed by atoms with van der Waals surface area (Å²) in [5.74, 6) is -0.190. The molecule has 152 valence electrons. The average molecular weight is 404 g/mol. The van der Waals surface area contributed by atoms with E-state index in [1.807, 2.05) is 24.3 Å². The molecule has 0 aliphatic heterocycles. The first-order valence-electron chi connectivity index (χ1n) is 9.40. The van der Waals surface area contributed by atoms with Gasteiger partial charge in [0.15, 0.2) is 0 Å². The first kappa shape index (κ1) is 22.1. The van der Waals surface area contributed by atoms with E-state index in [1.165, 1.54) is 13.1 Å². The molecule has 0 heterocycles. The largest absolute Gasteiger partial charge is 0.348 e. The number of amides is 1. The van der Waals surface area contributed by atoms with Crippen molar-refractivity contribution in [2.45, 2.75) is 44.8 Å². The van der Waals surface area contributed by atoms with Gasteiger partial charge in [-0.25, -0.2) is 13.1 Å². The number of carbonyl (C=O) groups excluding carboxylic acids is 1. The molecule has 0 aliphatic carbocycles. The third kappa shape index (κ3) is 5.89. The van der Waals surface area contributed by atoms with Gasteiger partial charge in [-0.3, -0.25) is 9.69 Å². The molecule has 7 heteroatoms. The Bertz CT molecular complexity index is 893. The Morgan fingerprint density at radius 3 is 2.32 bits per heavy atom. The highest BCUT2D eigenvalue weighted by molar-refractivity contribution is 7.89. The lowest BCUT2D eigenvalue weighted by Crippen LogP contribution is -2.30. The zero-order valence-corrected chi connectivity index (χ0v) is 17.7. The van der Waals surface area contributed by atoms with Gasteiger partial charge < -0.3 is 5.32 Å². The monoisotopic (exact) mass is 403 g/mol. The lowest BCUT2D eigenvalue weighted by Gasteiger charge is -2.24. The van der Waals surface area contributed by atoms with Crippen LogP contribution in [0.2, 0.25) is 0 Å². The number of rotatable bonds is 9. The molecule has 2 aromatic carbocycles. The fraction of sp³-hybridized carbons (Fsp3) is 0.381. The van der Waals surface area contributed by atoms with Crippen LogP contribution in [0, 0.1) is 0 Å². The van der Waals surface area contributed by atoms with Crippen molar-refractivity contribution in [2.24, 2.45) is 0 Å². The fourth-order valence-corrected chi connectivity index (χ4v) is 3.68. The minimum atomic E-state index is -3.50. The number of hydrogen-bond acceptors (Lipinski definition) is 4. The Morgan fingerprint density at radius 1 is 1.07 bits per heavy atom. The number of carbonyl (C=O) groups is 1. The average Bonchev–Trinajstić information content (AvgIpc) is 2.70. The maximum atomic E-state index is 12.4. The highest BCUT2D eigenvalue weighted by Gasteiger charge is 2.12. The molecule has 0 aromatic heterocycles. The van der Waals surface area contributed by atoms with Gasteiger partial charge in [0.2, 0.25) is 10.0 Å². The van der Waals surface area contributed by atoms with Gasteiger partial charge in [-0.15, -0.1) is 0 Å². The van der Waals surface area contributed by atoms with Crippen LogP contribution in [0.25, 0.3) is 0 Å². The van der Waals surface area contributed by atoms with Gasteiger partial charge in [-0.2, -0.15) is 0 Å². The lowest BCUT2D eigenvalue weighted by atomic mass is 10.1. The molecule has 0 saturated heterocycles. The summed E-state index contributed by atoms with van der Waals surface area (Å²) in [6.07, 6.45) is 0. The van der Waals surface area contributed by atoms with E-state index in [0.29, 0.717) is 11.6 Å². The summed E-state index contributed by atoms with van der Waals surface area (Å²) in [6.45, 7) is 8.55. The van der Waals surface area contributed by atoms with Crippen molar-refractivity contribution in [3.05, 3.63) is 65.2 Å². The molecule has 6 nitrogen and oxygen atoms in total. The van der Waals surface area contributed by atoms with Crippen LogP contribution in [-0.2, 0) is 23.1 Å². The molecular weight excluding hydrogens is 374 g/mol. The predicted octanol–water partition coefficient (Wildman–Crippen LogP) is 2.76. The van der Waals surface area contributed by atoms with E-state index in [2.05, 4.69) is 35.7 Å². The van der Waals surface area contributed by atoms with E-state index in [-0.39, 0.29) is 17.3 Å². The molecule has 0 spiro atoms. The quantitative estimate of drug-likeness (QED) is 0.675. The zero-order chi connectivity index (χ0) is 20.7.